The van der Waals surface area contributed by atoms with Crippen molar-refractivity contribution in [3.05, 3.63) is 29.8 Å². The summed E-state index contributed by atoms with van der Waals surface area (Å²) in [5.41, 5.74) is 0.791. The van der Waals surface area contributed by atoms with Crippen LogP contribution in [-0.4, -0.2) is 12.7 Å². The largest absolute Gasteiger partial charge is 0.434 e. The lowest BCUT2D eigenvalue weighted by Gasteiger charge is -2.14. The minimum absolute atomic E-state index is 0.271. The Bertz CT molecular complexity index is 351. The van der Waals surface area contributed by atoms with Crippen molar-refractivity contribution < 1.29 is 13.5 Å². The van der Waals surface area contributed by atoms with E-state index in [2.05, 4.69) is 10.1 Å². The highest BCUT2D eigenvalue weighted by atomic mass is 19.3. The fourth-order valence-corrected chi connectivity index (χ4v) is 2.25. The molecule has 1 saturated carbocycles. The van der Waals surface area contributed by atoms with E-state index < -0.39 is 6.61 Å². The molecule has 0 atom stereocenters. The standard InChI is InChI=1S/C13H17F2NO/c14-13(15)17-12-8-4-1-5-10(12)9-16-11-6-2-3-7-11/h1,4-5,8,11,13,16H,2-3,6-7,9H2. The van der Waals surface area contributed by atoms with Gasteiger partial charge in [0.2, 0.25) is 0 Å². The molecular weight excluding hydrogens is 224 g/mol. The molecule has 0 aliphatic heterocycles. The van der Waals surface area contributed by atoms with E-state index in [1.165, 1.54) is 25.7 Å². The van der Waals surface area contributed by atoms with E-state index in [1.54, 1.807) is 12.1 Å². The molecule has 0 radical (unpaired) electrons. The summed E-state index contributed by atoms with van der Waals surface area (Å²) in [4.78, 5) is 0. The molecular formula is C13H17F2NO. The number of ether oxygens (including phenoxy) is 1. The zero-order chi connectivity index (χ0) is 12.1. The summed E-state index contributed by atoms with van der Waals surface area (Å²) in [6, 6.07) is 7.47. The molecule has 1 N–H and O–H groups in total. The number of alkyl halides is 2. The van der Waals surface area contributed by atoms with Crippen LogP contribution in [0.1, 0.15) is 31.2 Å². The van der Waals surface area contributed by atoms with Crippen molar-refractivity contribution in [2.45, 2.75) is 44.9 Å². The van der Waals surface area contributed by atoms with Gasteiger partial charge in [-0.1, -0.05) is 31.0 Å². The number of rotatable bonds is 5. The minimum Gasteiger partial charge on any atom is -0.434 e. The number of nitrogens with one attached hydrogen (secondary N) is 1. The second-order valence-corrected chi connectivity index (χ2v) is 4.35. The summed E-state index contributed by atoms with van der Waals surface area (Å²) in [7, 11) is 0. The Morgan fingerprint density at radius 3 is 2.65 bits per heavy atom. The highest BCUT2D eigenvalue weighted by Gasteiger charge is 2.15. The number of hydrogen-bond acceptors (Lipinski definition) is 2. The Morgan fingerprint density at radius 1 is 1.24 bits per heavy atom. The summed E-state index contributed by atoms with van der Waals surface area (Å²) in [6.45, 7) is -2.17. The molecule has 94 valence electrons. The number of benzene rings is 1. The van der Waals surface area contributed by atoms with Crippen LogP contribution in [-0.2, 0) is 6.54 Å². The molecule has 1 aromatic rings. The predicted molar refractivity (Wildman–Crippen MR) is 62.2 cm³/mol. The molecule has 2 rings (SSSR count). The summed E-state index contributed by atoms with van der Waals surface area (Å²) in [6.07, 6.45) is 4.87. The van der Waals surface area contributed by atoms with Crippen molar-refractivity contribution in [2.75, 3.05) is 0 Å². The first-order valence-electron chi connectivity index (χ1n) is 6.02. The Hall–Kier alpha value is -1.16. The molecule has 1 aromatic carbocycles. The molecule has 1 aliphatic rings. The third-order valence-electron chi connectivity index (χ3n) is 3.13. The molecule has 17 heavy (non-hydrogen) atoms. The summed E-state index contributed by atoms with van der Waals surface area (Å²) >= 11 is 0. The number of halogens is 2. The lowest BCUT2D eigenvalue weighted by Crippen LogP contribution is -2.25. The quantitative estimate of drug-likeness (QED) is 0.853. The van der Waals surface area contributed by atoms with Gasteiger partial charge in [0.25, 0.3) is 0 Å². The van der Waals surface area contributed by atoms with Crippen LogP contribution < -0.4 is 10.1 Å². The molecule has 2 nitrogen and oxygen atoms in total. The first kappa shape index (κ1) is 12.3. The van der Waals surface area contributed by atoms with Gasteiger partial charge in [-0.05, 0) is 18.9 Å². The maximum Gasteiger partial charge on any atom is 0.387 e. The zero-order valence-electron chi connectivity index (χ0n) is 9.66. The highest BCUT2D eigenvalue weighted by molar-refractivity contribution is 5.33. The zero-order valence-corrected chi connectivity index (χ0v) is 9.66. The molecule has 4 heteroatoms. The fraction of sp³-hybridized carbons (Fsp3) is 0.538. The Kier molecular flexibility index (Phi) is 4.31. The molecule has 0 spiro atoms. The average molecular weight is 241 g/mol. The van der Waals surface area contributed by atoms with Gasteiger partial charge in [-0.25, -0.2) is 0 Å². The van der Waals surface area contributed by atoms with E-state index in [0.29, 0.717) is 12.6 Å². The smallest absolute Gasteiger partial charge is 0.387 e. The number of para-hydroxylation sites is 1. The van der Waals surface area contributed by atoms with Crippen LogP contribution in [0.5, 0.6) is 5.75 Å². The van der Waals surface area contributed by atoms with Crippen LogP contribution in [0.4, 0.5) is 8.78 Å². The maximum absolute atomic E-state index is 12.2. The molecule has 1 aliphatic carbocycles. The van der Waals surface area contributed by atoms with E-state index in [1.807, 2.05) is 12.1 Å². The molecule has 0 amide bonds. The normalized spacial score (nSPS) is 16.6. The van der Waals surface area contributed by atoms with Gasteiger partial charge in [-0.2, -0.15) is 8.78 Å². The van der Waals surface area contributed by atoms with E-state index in [0.717, 1.165) is 5.56 Å². The summed E-state index contributed by atoms with van der Waals surface area (Å²) < 4.78 is 28.9. The average Bonchev–Trinajstić information content (AvgIpc) is 2.80. The lowest BCUT2D eigenvalue weighted by molar-refractivity contribution is -0.0505. The van der Waals surface area contributed by atoms with Crippen LogP contribution in [0.25, 0.3) is 0 Å². The SMILES string of the molecule is FC(F)Oc1ccccc1CNC1CCCC1. The van der Waals surface area contributed by atoms with Gasteiger partial charge in [-0.15, -0.1) is 0 Å². The second-order valence-electron chi connectivity index (χ2n) is 4.35. The van der Waals surface area contributed by atoms with Gasteiger partial charge in [0.15, 0.2) is 0 Å². The Morgan fingerprint density at radius 2 is 1.94 bits per heavy atom. The lowest BCUT2D eigenvalue weighted by atomic mass is 10.1. The van der Waals surface area contributed by atoms with Crippen LogP contribution in [0.2, 0.25) is 0 Å². The van der Waals surface area contributed by atoms with Crippen molar-refractivity contribution in [3.8, 4) is 5.75 Å². The molecule has 0 heterocycles. The molecule has 0 saturated heterocycles. The number of hydrogen-bond donors (Lipinski definition) is 1. The third kappa shape index (κ3) is 3.66. The van der Waals surface area contributed by atoms with Gasteiger partial charge in [0.1, 0.15) is 5.75 Å². The fourth-order valence-electron chi connectivity index (χ4n) is 2.25. The monoisotopic (exact) mass is 241 g/mol. The Balaban J connectivity index is 1.94. The predicted octanol–water partition coefficient (Wildman–Crippen LogP) is 3.32. The van der Waals surface area contributed by atoms with Crippen molar-refractivity contribution in [1.82, 2.24) is 5.32 Å². The van der Waals surface area contributed by atoms with Crippen molar-refractivity contribution in [1.29, 1.82) is 0 Å². The van der Waals surface area contributed by atoms with E-state index in [-0.39, 0.29) is 5.75 Å². The summed E-state index contributed by atoms with van der Waals surface area (Å²) in [5, 5.41) is 3.39. The first-order chi connectivity index (χ1) is 8.25. The van der Waals surface area contributed by atoms with Gasteiger partial charge >= 0.3 is 6.61 Å². The van der Waals surface area contributed by atoms with Gasteiger partial charge in [0.05, 0.1) is 0 Å². The van der Waals surface area contributed by atoms with Crippen molar-refractivity contribution in [3.63, 3.8) is 0 Å². The Labute approximate surface area is 100.0 Å². The van der Waals surface area contributed by atoms with Gasteiger partial charge in [-0.3, -0.25) is 0 Å². The molecule has 1 fully saturated rings. The highest BCUT2D eigenvalue weighted by Crippen LogP contribution is 2.22. The molecule has 0 aromatic heterocycles. The second kappa shape index (κ2) is 5.96. The molecule has 0 bridgehead atoms. The first-order valence-corrected chi connectivity index (χ1v) is 6.02. The van der Waals surface area contributed by atoms with Crippen LogP contribution in [0, 0.1) is 0 Å². The third-order valence-corrected chi connectivity index (χ3v) is 3.13. The molecule has 0 unspecified atom stereocenters. The van der Waals surface area contributed by atoms with Crippen molar-refractivity contribution in [2.24, 2.45) is 0 Å². The van der Waals surface area contributed by atoms with Gasteiger partial charge in [0, 0.05) is 18.2 Å². The van der Waals surface area contributed by atoms with Crippen molar-refractivity contribution >= 4 is 0 Å². The van der Waals surface area contributed by atoms with E-state index >= 15 is 0 Å². The van der Waals surface area contributed by atoms with Crippen LogP contribution >= 0.6 is 0 Å². The topological polar surface area (TPSA) is 21.3 Å². The van der Waals surface area contributed by atoms with Crippen LogP contribution in [0.3, 0.4) is 0 Å². The van der Waals surface area contributed by atoms with E-state index in [9.17, 15) is 8.78 Å². The van der Waals surface area contributed by atoms with Gasteiger partial charge < -0.3 is 10.1 Å². The maximum atomic E-state index is 12.2. The minimum atomic E-state index is -2.76. The summed E-state index contributed by atoms with van der Waals surface area (Å²) in [5.74, 6) is 0.271. The van der Waals surface area contributed by atoms with Crippen LogP contribution in [0.15, 0.2) is 24.3 Å². The van der Waals surface area contributed by atoms with E-state index in [4.69, 9.17) is 0 Å².